The summed E-state index contributed by atoms with van der Waals surface area (Å²) in [7, 11) is 0. The minimum absolute atomic E-state index is 0.0466. The van der Waals surface area contributed by atoms with Crippen LogP contribution in [0, 0.1) is 17.3 Å². The van der Waals surface area contributed by atoms with Gasteiger partial charge in [-0.05, 0) is 25.2 Å². The number of hydrogen-bond acceptors (Lipinski definition) is 3. The fourth-order valence-electron chi connectivity index (χ4n) is 4.69. The Morgan fingerprint density at radius 2 is 1.96 bits per heavy atom. The maximum absolute atomic E-state index is 12.6. The fraction of sp³-hybridized carbons (Fsp3) is 0.706. The lowest BCUT2D eigenvalue weighted by atomic mass is 9.58. The van der Waals surface area contributed by atoms with Crippen LogP contribution in [0.15, 0.2) is 12.4 Å². The number of aromatic nitrogens is 2. The van der Waals surface area contributed by atoms with Gasteiger partial charge in [0.1, 0.15) is 0 Å². The van der Waals surface area contributed by atoms with E-state index in [1.807, 2.05) is 0 Å². The summed E-state index contributed by atoms with van der Waals surface area (Å²) in [6, 6.07) is -0.0466. The number of primary amides is 1. The van der Waals surface area contributed by atoms with Crippen LogP contribution in [0.5, 0.6) is 0 Å². The van der Waals surface area contributed by atoms with Crippen molar-refractivity contribution in [3.05, 3.63) is 18.0 Å². The number of alkyl halides is 3. The Bertz CT molecular complexity index is 748. The number of halogens is 3. The van der Waals surface area contributed by atoms with Gasteiger partial charge >= 0.3 is 12.2 Å². The fourth-order valence-corrected chi connectivity index (χ4v) is 4.69. The molecule has 148 valence electrons. The Morgan fingerprint density at radius 3 is 2.52 bits per heavy atom. The van der Waals surface area contributed by atoms with E-state index in [-0.39, 0.29) is 29.2 Å². The average Bonchev–Trinajstić information content (AvgIpc) is 3.16. The second-order valence-electron chi connectivity index (χ2n) is 8.20. The summed E-state index contributed by atoms with van der Waals surface area (Å²) in [6.45, 7) is 2.76. The molecule has 3 heterocycles. The van der Waals surface area contributed by atoms with E-state index in [4.69, 9.17) is 5.73 Å². The number of nitrogens with two attached hydrogens (primary N) is 1. The predicted octanol–water partition coefficient (Wildman–Crippen LogP) is 1.54. The zero-order valence-corrected chi connectivity index (χ0v) is 14.8. The molecule has 0 unspecified atom stereocenters. The van der Waals surface area contributed by atoms with Gasteiger partial charge < -0.3 is 15.5 Å². The van der Waals surface area contributed by atoms with Gasteiger partial charge in [-0.3, -0.25) is 9.48 Å². The Balaban J connectivity index is 1.23. The summed E-state index contributed by atoms with van der Waals surface area (Å²) in [4.78, 5) is 27.2. The molecular weight excluding hydrogens is 363 g/mol. The van der Waals surface area contributed by atoms with Crippen molar-refractivity contribution in [2.45, 2.75) is 32.0 Å². The molecule has 0 bridgehead atoms. The van der Waals surface area contributed by atoms with E-state index >= 15 is 0 Å². The van der Waals surface area contributed by atoms with Crippen molar-refractivity contribution in [1.82, 2.24) is 19.6 Å². The van der Waals surface area contributed by atoms with Crippen LogP contribution >= 0.6 is 0 Å². The van der Waals surface area contributed by atoms with Gasteiger partial charge in [-0.2, -0.15) is 18.3 Å². The third-order valence-electron chi connectivity index (χ3n) is 6.03. The molecule has 1 aromatic heterocycles. The van der Waals surface area contributed by atoms with Crippen molar-refractivity contribution >= 4 is 11.9 Å². The maximum atomic E-state index is 12.6. The number of amides is 3. The molecule has 2 saturated heterocycles. The van der Waals surface area contributed by atoms with Crippen molar-refractivity contribution in [1.29, 1.82) is 0 Å². The van der Waals surface area contributed by atoms with E-state index in [1.54, 1.807) is 9.80 Å². The second-order valence-corrected chi connectivity index (χ2v) is 8.20. The molecule has 3 aliphatic rings. The molecule has 2 aliphatic heterocycles. The number of rotatable bonds is 3. The molecule has 10 heteroatoms. The number of hydrogen-bond donors (Lipinski definition) is 1. The zero-order valence-electron chi connectivity index (χ0n) is 14.8. The molecule has 27 heavy (non-hydrogen) atoms. The smallest absolute Gasteiger partial charge is 0.369 e. The molecule has 7 nitrogen and oxygen atoms in total. The second kappa shape index (κ2) is 6.13. The van der Waals surface area contributed by atoms with Crippen LogP contribution in [0.2, 0.25) is 0 Å². The predicted molar refractivity (Wildman–Crippen MR) is 88.2 cm³/mol. The first-order chi connectivity index (χ1) is 12.7. The van der Waals surface area contributed by atoms with Crippen molar-refractivity contribution in [3.8, 4) is 0 Å². The normalized spacial score (nSPS) is 24.8. The van der Waals surface area contributed by atoms with E-state index in [9.17, 15) is 22.8 Å². The molecule has 0 aromatic carbocycles. The lowest BCUT2D eigenvalue weighted by Gasteiger charge is -2.59. The summed E-state index contributed by atoms with van der Waals surface area (Å²) in [5.74, 6) is -0.332. The monoisotopic (exact) mass is 385 g/mol. The highest BCUT2D eigenvalue weighted by molar-refractivity contribution is 5.80. The molecule has 1 spiro atoms. The van der Waals surface area contributed by atoms with Crippen LogP contribution in [0.1, 0.15) is 24.8 Å². The number of carbonyl (C=O) groups excluding carboxylic acids is 2. The highest BCUT2D eigenvalue weighted by Gasteiger charge is 2.54. The first-order valence-corrected chi connectivity index (χ1v) is 9.08. The Morgan fingerprint density at radius 1 is 1.26 bits per heavy atom. The molecule has 1 saturated carbocycles. The minimum Gasteiger partial charge on any atom is -0.369 e. The molecule has 0 radical (unpaired) electrons. The van der Waals surface area contributed by atoms with E-state index in [0.717, 1.165) is 25.2 Å². The van der Waals surface area contributed by atoms with Gasteiger partial charge in [-0.1, -0.05) is 0 Å². The van der Waals surface area contributed by atoms with Crippen molar-refractivity contribution in [3.63, 3.8) is 0 Å². The summed E-state index contributed by atoms with van der Waals surface area (Å²) < 4.78 is 39.2. The third kappa shape index (κ3) is 3.37. The molecule has 3 amide bonds. The first kappa shape index (κ1) is 18.1. The van der Waals surface area contributed by atoms with Crippen LogP contribution in [0.3, 0.4) is 0 Å². The number of urea groups is 1. The molecule has 1 atom stereocenters. The van der Waals surface area contributed by atoms with E-state index < -0.39 is 11.7 Å². The van der Waals surface area contributed by atoms with Crippen LogP contribution in [-0.4, -0.2) is 57.7 Å². The molecule has 2 N–H and O–H groups in total. The van der Waals surface area contributed by atoms with E-state index in [0.29, 0.717) is 39.1 Å². The minimum atomic E-state index is -4.36. The Labute approximate surface area is 154 Å². The molecular formula is C17H22F3N5O2. The van der Waals surface area contributed by atoms with E-state index in [1.165, 1.54) is 4.68 Å². The number of carbonyl (C=O) groups is 2. The molecule has 1 aromatic rings. The zero-order chi connectivity index (χ0) is 19.4. The highest BCUT2D eigenvalue weighted by Crippen LogP contribution is 2.52. The topological polar surface area (TPSA) is 84.5 Å². The van der Waals surface area contributed by atoms with Gasteiger partial charge in [-0.25, -0.2) is 4.79 Å². The summed E-state index contributed by atoms with van der Waals surface area (Å²) in [5.41, 5.74) is 4.68. The van der Waals surface area contributed by atoms with Crippen molar-refractivity contribution in [2.24, 2.45) is 23.0 Å². The summed E-state index contributed by atoms with van der Waals surface area (Å²) in [6.07, 6.45) is -0.0650. The lowest BCUT2D eigenvalue weighted by Crippen LogP contribution is -2.65. The maximum Gasteiger partial charge on any atom is 0.419 e. The third-order valence-corrected chi connectivity index (χ3v) is 6.03. The molecule has 1 aliphatic carbocycles. The standard InChI is InChI=1S/C17H22F3N5O2/c18-17(19,20)13-5-22-25(8-13)6-11-3-16(4-11)9-24(10-16)15(27)23-2-1-12(7-23)14(21)26/h5,8,11-12H,1-4,6-7,9-10H2,(H2,21,26)/t12-/m0/s1. The summed E-state index contributed by atoms with van der Waals surface area (Å²) in [5, 5.41) is 3.80. The van der Waals surface area contributed by atoms with Gasteiger partial charge in [0.15, 0.2) is 0 Å². The number of nitrogens with zero attached hydrogens (tertiary/aromatic N) is 4. The van der Waals surface area contributed by atoms with Crippen molar-refractivity contribution in [2.75, 3.05) is 26.2 Å². The number of likely N-dealkylation sites (tertiary alicyclic amines) is 2. The summed E-state index contributed by atoms with van der Waals surface area (Å²) >= 11 is 0. The highest BCUT2D eigenvalue weighted by atomic mass is 19.4. The quantitative estimate of drug-likeness (QED) is 0.857. The Kier molecular flexibility index (Phi) is 4.12. The molecule has 4 rings (SSSR count). The van der Waals surface area contributed by atoms with Crippen LogP contribution in [0.4, 0.5) is 18.0 Å². The van der Waals surface area contributed by atoms with Crippen LogP contribution < -0.4 is 5.73 Å². The lowest BCUT2D eigenvalue weighted by molar-refractivity contribution is -0.137. The van der Waals surface area contributed by atoms with Gasteiger partial charge in [0.2, 0.25) is 5.91 Å². The van der Waals surface area contributed by atoms with E-state index in [2.05, 4.69) is 5.10 Å². The van der Waals surface area contributed by atoms with Crippen molar-refractivity contribution < 1.29 is 22.8 Å². The molecule has 3 fully saturated rings. The Hall–Kier alpha value is -2.26. The average molecular weight is 385 g/mol. The van der Waals surface area contributed by atoms with Gasteiger partial charge in [0, 0.05) is 44.3 Å². The van der Waals surface area contributed by atoms with Gasteiger partial charge in [0.25, 0.3) is 0 Å². The van der Waals surface area contributed by atoms with Gasteiger partial charge in [0.05, 0.1) is 17.7 Å². The van der Waals surface area contributed by atoms with Gasteiger partial charge in [-0.15, -0.1) is 0 Å². The van der Waals surface area contributed by atoms with Crippen LogP contribution in [-0.2, 0) is 17.5 Å². The van der Waals surface area contributed by atoms with Crippen LogP contribution in [0.25, 0.3) is 0 Å². The largest absolute Gasteiger partial charge is 0.419 e. The SMILES string of the molecule is NC(=O)[C@H]1CCN(C(=O)N2CC3(CC(Cn4cc(C(F)(F)F)cn4)C3)C2)C1. The first-order valence-electron chi connectivity index (χ1n) is 9.08.